The number of ether oxygens (including phenoxy) is 2. The molecular formula is C23H25N3O3. The van der Waals surface area contributed by atoms with E-state index in [1.807, 2.05) is 18.2 Å². The van der Waals surface area contributed by atoms with Gasteiger partial charge in [-0.25, -0.2) is 0 Å². The van der Waals surface area contributed by atoms with Crippen LogP contribution in [0.15, 0.2) is 67.0 Å². The summed E-state index contributed by atoms with van der Waals surface area (Å²) in [6.45, 7) is 0.800. The number of nitrogens with zero attached hydrogens (tertiary/aromatic N) is 1. The van der Waals surface area contributed by atoms with E-state index in [9.17, 15) is 4.79 Å². The van der Waals surface area contributed by atoms with E-state index >= 15 is 0 Å². The summed E-state index contributed by atoms with van der Waals surface area (Å²) >= 11 is 0. The molecule has 0 spiro atoms. The first-order valence-corrected chi connectivity index (χ1v) is 9.46. The van der Waals surface area contributed by atoms with E-state index in [0.717, 1.165) is 25.1 Å². The molecule has 1 amide bonds. The summed E-state index contributed by atoms with van der Waals surface area (Å²) in [5.41, 5.74) is 3.16. The van der Waals surface area contributed by atoms with Crippen molar-refractivity contribution in [3.63, 3.8) is 0 Å². The molecule has 0 saturated carbocycles. The van der Waals surface area contributed by atoms with Crippen LogP contribution in [0.25, 0.3) is 0 Å². The molecule has 0 radical (unpaired) electrons. The van der Waals surface area contributed by atoms with Crippen molar-refractivity contribution >= 4 is 17.3 Å². The van der Waals surface area contributed by atoms with E-state index in [0.29, 0.717) is 22.7 Å². The number of methoxy groups -OCH3 is 2. The summed E-state index contributed by atoms with van der Waals surface area (Å²) in [6.07, 6.45) is 5.25. The minimum atomic E-state index is -0.256. The van der Waals surface area contributed by atoms with Gasteiger partial charge in [0.1, 0.15) is 11.5 Å². The predicted molar refractivity (Wildman–Crippen MR) is 115 cm³/mol. The van der Waals surface area contributed by atoms with Crippen molar-refractivity contribution in [1.29, 1.82) is 0 Å². The lowest BCUT2D eigenvalue weighted by Gasteiger charge is -2.12. The highest BCUT2D eigenvalue weighted by Crippen LogP contribution is 2.29. The van der Waals surface area contributed by atoms with Crippen LogP contribution < -0.4 is 20.1 Å². The van der Waals surface area contributed by atoms with Crippen molar-refractivity contribution in [3.8, 4) is 11.5 Å². The van der Waals surface area contributed by atoms with E-state index < -0.39 is 0 Å². The number of pyridine rings is 1. The Labute approximate surface area is 170 Å². The van der Waals surface area contributed by atoms with Crippen LogP contribution in [0.3, 0.4) is 0 Å². The number of carbonyl (C=O) groups is 1. The van der Waals surface area contributed by atoms with Crippen LogP contribution in [0.1, 0.15) is 22.3 Å². The van der Waals surface area contributed by atoms with Gasteiger partial charge in [-0.1, -0.05) is 30.3 Å². The fourth-order valence-electron chi connectivity index (χ4n) is 2.93. The molecule has 0 aliphatic carbocycles. The molecule has 2 aromatic carbocycles. The Hall–Kier alpha value is -3.54. The average Bonchev–Trinajstić information content (AvgIpc) is 2.78. The van der Waals surface area contributed by atoms with Gasteiger partial charge in [0, 0.05) is 25.0 Å². The number of aryl methyl sites for hydroxylation is 1. The van der Waals surface area contributed by atoms with Crippen LogP contribution in [0, 0.1) is 0 Å². The molecule has 0 atom stereocenters. The summed E-state index contributed by atoms with van der Waals surface area (Å²) in [6, 6.07) is 17.4. The molecule has 29 heavy (non-hydrogen) atoms. The largest absolute Gasteiger partial charge is 0.497 e. The number of rotatable bonds is 9. The van der Waals surface area contributed by atoms with Gasteiger partial charge in [-0.3, -0.25) is 9.78 Å². The van der Waals surface area contributed by atoms with Crippen molar-refractivity contribution in [2.24, 2.45) is 0 Å². The average molecular weight is 391 g/mol. The highest BCUT2D eigenvalue weighted by molar-refractivity contribution is 6.05. The number of nitrogens with one attached hydrogen (secondary N) is 2. The second-order valence-electron chi connectivity index (χ2n) is 6.50. The molecule has 0 aliphatic heterocycles. The van der Waals surface area contributed by atoms with Gasteiger partial charge in [0.05, 0.1) is 31.2 Å². The molecule has 0 unspecified atom stereocenters. The molecule has 0 bridgehead atoms. The third-order valence-corrected chi connectivity index (χ3v) is 4.47. The highest BCUT2D eigenvalue weighted by atomic mass is 16.5. The van der Waals surface area contributed by atoms with Crippen LogP contribution in [0.4, 0.5) is 11.4 Å². The maximum absolute atomic E-state index is 12.6. The second kappa shape index (κ2) is 10.1. The second-order valence-corrected chi connectivity index (χ2v) is 6.50. The Balaban J connectivity index is 1.58. The Morgan fingerprint density at radius 2 is 1.83 bits per heavy atom. The number of hydrogen-bond acceptors (Lipinski definition) is 5. The minimum absolute atomic E-state index is 0.256. The van der Waals surface area contributed by atoms with E-state index in [1.54, 1.807) is 50.9 Å². The Bertz CT molecular complexity index is 945. The van der Waals surface area contributed by atoms with Gasteiger partial charge in [0.15, 0.2) is 0 Å². The van der Waals surface area contributed by atoms with Crippen molar-refractivity contribution in [1.82, 2.24) is 4.98 Å². The smallest absolute Gasteiger partial charge is 0.257 e. The van der Waals surface area contributed by atoms with Crippen molar-refractivity contribution in [2.75, 3.05) is 31.4 Å². The van der Waals surface area contributed by atoms with E-state index in [4.69, 9.17) is 9.47 Å². The summed E-state index contributed by atoms with van der Waals surface area (Å²) in [4.78, 5) is 16.8. The number of benzene rings is 2. The van der Waals surface area contributed by atoms with Gasteiger partial charge in [-0.05, 0) is 36.6 Å². The van der Waals surface area contributed by atoms with Gasteiger partial charge in [0.25, 0.3) is 5.91 Å². The maximum atomic E-state index is 12.6. The molecule has 0 fully saturated rings. The third-order valence-electron chi connectivity index (χ3n) is 4.47. The monoisotopic (exact) mass is 391 g/mol. The summed E-state index contributed by atoms with van der Waals surface area (Å²) < 4.78 is 10.5. The zero-order valence-electron chi connectivity index (χ0n) is 16.6. The number of anilines is 2. The SMILES string of the molecule is COc1ccc(NC(=O)c2cncc(NCCCc3ccccc3)c2)c(OC)c1. The summed E-state index contributed by atoms with van der Waals surface area (Å²) in [5, 5.41) is 6.19. The Kier molecular flexibility index (Phi) is 7.05. The third kappa shape index (κ3) is 5.72. The van der Waals surface area contributed by atoms with Gasteiger partial charge in [-0.15, -0.1) is 0 Å². The normalized spacial score (nSPS) is 10.3. The van der Waals surface area contributed by atoms with Gasteiger partial charge >= 0.3 is 0 Å². The molecule has 6 nitrogen and oxygen atoms in total. The lowest BCUT2D eigenvalue weighted by molar-refractivity contribution is 0.102. The van der Waals surface area contributed by atoms with E-state index in [1.165, 1.54) is 5.56 Å². The van der Waals surface area contributed by atoms with Crippen LogP contribution in [-0.4, -0.2) is 31.7 Å². The quantitative estimate of drug-likeness (QED) is 0.529. The minimum Gasteiger partial charge on any atom is -0.497 e. The van der Waals surface area contributed by atoms with Crippen molar-refractivity contribution in [2.45, 2.75) is 12.8 Å². The maximum Gasteiger partial charge on any atom is 0.257 e. The standard InChI is InChI=1S/C23H25N3O3/c1-28-20-10-11-21(22(14-20)29-2)26-23(27)18-13-19(16-24-15-18)25-12-6-9-17-7-4-3-5-8-17/h3-5,7-8,10-11,13-16,25H,6,9,12H2,1-2H3,(H,26,27). The van der Waals surface area contributed by atoms with Crippen LogP contribution in [0.5, 0.6) is 11.5 Å². The molecular weight excluding hydrogens is 366 g/mol. The van der Waals surface area contributed by atoms with Crippen LogP contribution >= 0.6 is 0 Å². The Morgan fingerprint density at radius 3 is 2.59 bits per heavy atom. The topological polar surface area (TPSA) is 72.5 Å². The van der Waals surface area contributed by atoms with E-state index in [2.05, 4.69) is 27.8 Å². The van der Waals surface area contributed by atoms with Gasteiger partial charge in [-0.2, -0.15) is 0 Å². The number of amides is 1. The summed E-state index contributed by atoms with van der Waals surface area (Å²) in [7, 11) is 3.13. The first-order chi connectivity index (χ1) is 14.2. The molecule has 150 valence electrons. The number of carbonyl (C=O) groups excluding carboxylic acids is 1. The van der Waals surface area contributed by atoms with Crippen molar-refractivity contribution in [3.05, 3.63) is 78.1 Å². The van der Waals surface area contributed by atoms with Crippen LogP contribution in [0.2, 0.25) is 0 Å². The molecule has 3 rings (SSSR count). The lowest BCUT2D eigenvalue weighted by Crippen LogP contribution is -2.14. The molecule has 3 aromatic rings. The molecule has 1 heterocycles. The fourth-order valence-corrected chi connectivity index (χ4v) is 2.93. The van der Waals surface area contributed by atoms with Gasteiger partial charge < -0.3 is 20.1 Å². The summed E-state index contributed by atoms with van der Waals surface area (Å²) in [5.74, 6) is 0.929. The molecule has 0 aliphatic rings. The Morgan fingerprint density at radius 1 is 1.00 bits per heavy atom. The molecule has 0 saturated heterocycles. The van der Waals surface area contributed by atoms with Gasteiger partial charge in [0.2, 0.25) is 0 Å². The fraction of sp³-hybridized carbons (Fsp3) is 0.217. The molecule has 6 heteroatoms. The molecule has 2 N–H and O–H groups in total. The number of aromatic nitrogens is 1. The molecule has 1 aromatic heterocycles. The van der Waals surface area contributed by atoms with Crippen molar-refractivity contribution < 1.29 is 14.3 Å². The van der Waals surface area contributed by atoms with E-state index in [-0.39, 0.29) is 5.91 Å². The first kappa shape index (κ1) is 20.2. The lowest BCUT2D eigenvalue weighted by atomic mass is 10.1. The zero-order valence-corrected chi connectivity index (χ0v) is 16.6. The number of hydrogen-bond donors (Lipinski definition) is 2. The first-order valence-electron chi connectivity index (χ1n) is 9.46. The highest BCUT2D eigenvalue weighted by Gasteiger charge is 2.12. The zero-order chi connectivity index (χ0) is 20.5. The van der Waals surface area contributed by atoms with Crippen LogP contribution in [-0.2, 0) is 6.42 Å². The predicted octanol–water partition coefficient (Wildman–Crippen LogP) is 4.40.